The number of nitrogens with zero attached hydrogens (tertiary/aromatic N) is 2. The lowest BCUT2D eigenvalue weighted by Gasteiger charge is -2.07. The number of aromatic nitrogens is 2. The molecule has 0 fully saturated rings. The van der Waals surface area contributed by atoms with E-state index in [9.17, 15) is 0 Å². The molecule has 0 bridgehead atoms. The molecule has 0 saturated carbocycles. The Morgan fingerprint density at radius 1 is 1.22 bits per heavy atom. The summed E-state index contributed by atoms with van der Waals surface area (Å²) in [5.41, 5.74) is 5.64. The second-order valence-electron chi connectivity index (χ2n) is 3.89. The van der Waals surface area contributed by atoms with Gasteiger partial charge in [-0.25, -0.2) is 0 Å². The number of aryl methyl sites for hydroxylation is 1. The molecular formula is C12H17N5O. The highest BCUT2D eigenvalue weighted by molar-refractivity contribution is 5.50. The molecule has 0 saturated heterocycles. The van der Waals surface area contributed by atoms with Gasteiger partial charge in [0.1, 0.15) is 23.2 Å². The van der Waals surface area contributed by atoms with E-state index in [1.807, 2.05) is 32.0 Å². The third kappa shape index (κ3) is 3.13. The van der Waals surface area contributed by atoms with Crippen LogP contribution in [-0.4, -0.2) is 16.5 Å². The lowest BCUT2D eigenvalue weighted by atomic mass is 10.4. The average Bonchev–Trinajstić information content (AvgIpc) is 2.72. The van der Waals surface area contributed by atoms with E-state index >= 15 is 0 Å². The molecule has 6 nitrogen and oxygen atoms in total. The zero-order valence-electron chi connectivity index (χ0n) is 10.5. The number of nitrogens with one attached hydrogen (secondary N) is 2. The highest BCUT2D eigenvalue weighted by Crippen LogP contribution is 2.14. The van der Waals surface area contributed by atoms with Crippen LogP contribution < -0.4 is 16.4 Å². The molecule has 2 rings (SSSR count). The molecule has 0 aromatic carbocycles. The van der Waals surface area contributed by atoms with Crippen LogP contribution in [-0.2, 0) is 6.54 Å². The van der Waals surface area contributed by atoms with Crippen molar-refractivity contribution in [1.82, 2.24) is 9.97 Å². The molecule has 0 radical (unpaired) electrons. The van der Waals surface area contributed by atoms with Gasteiger partial charge in [-0.2, -0.15) is 9.97 Å². The summed E-state index contributed by atoms with van der Waals surface area (Å²) in [6.07, 6.45) is 0. The van der Waals surface area contributed by atoms with Gasteiger partial charge in [-0.1, -0.05) is 0 Å². The predicted octanol–water partition coefficient (Wildman–Crippen LogP) is 2.00. The van der Waals surface area contributed by atoms with Crippen molar-refractivity contribution in [3.8, 4) is 0 Å². The van der Waals surface area contributed by atoms with E-state index in [-0.39, 0.29) is 5.95 Å². The Morgan fingerprint density at radius 2 is 1.94 bits per heavy atom. The summed E-state index contributed by atoms with van der Waals surface area (Å²) in [5, 5.41) is 6.25. The van der Waals surface area contributed by atoms with E-state index in [1.54, 1.807) is 0 Å². The van der Waals surface area contributed by atoms with Crippen molar-refractivity contribution < 1.29 is 4.42 Å². The first-order chi connectivity index (χ1) is 8.67. The van der Waals surface area contributed by atoms with Crippen molar-refractivity contribution in [2.75, 3.05) is 22.9 Å². The summed E-state index contributed by atoms with van der Waals surface area (Å²) in [5.74, 6) is 3.37. The molecular weight excluding hydrogens is 230 g/mol. The van der Waals surface area contributed by atoms with Gasteiger partial charge in [-0.3, -0.25) is 0 Å². The Labute approximate surface area is 106 Å². The minimum atomic E-state index is 0.242. The molecule has 4 N–H and O–H groups in total. The fraction of sp³-hybridized carbons (Fsp3) is 0.333. The van der Waals surface area contributed by atoms with E-state index in [0.717, 1.165) is 18.1 Å². The summed E-state index contributed by atoms with van der Waals surface area (Å²) in [7, 11) is 0. The van der Waals surface area contributed by atoms with Crippen molar-refractivity contribution in [2.45, 2.75) is 20.4 Å². The summed E-state index contributed by atoms with van der Waals surface area (Å²) in [4.78, 5) is 8.19. The van der Waals surface area contributed by atoms with Gasteiger partial charge in [0, 0.05) is 12.6 Å². The van der Waals surface area contributed by atoms with Crippen LogP contribution in [0.15, 0.2) is 22.6 Å². The molecule has 2 aromatic heterocycles. The van der Waals surface area contributed by atoms with Gasteiger partial charge in [0.15, 0.2) is 0 Å². The smallest absolute Gasteiger partial charge is 0.223 e. The number of rotatable bonds is 5. The van der Waals surface area contributed by atoms with Crippen LogP contribution in [0, 0.1) is 6.92 Å². The molecule has 6 heteroatoms. The highest BCUT2D eigenvalue weighted by Gasteiger charge is 2.03. The molecule has 0 aliphatic heterocycles. The van der Waals surface area contributed by atoms with Crippen LogP contribution in [0.2, 0.25) is 0 Å². The Kier molecular flexibility index (Phi) is 3.66. The SMILES string of the molecule is CCNc1cc(NCc2ccc(C)o2)nc(N)n1. The first kappa shape index (κ1) is 12.2. The van der Waals surface area contributed by atoms with Gasteiger partial charge in [0.05, 0.1) is 6.54 Å². The third-order valence-electron chi connectivity index (χ3n) is 2.34. The minimum absolute atomic E-state index is 0.242. The van der Waals surface area contributed by atoms with Gasteiger partial charge in [0.25, 0.3) is 0 Å². The molecule has 2 aromatic rings. The van der Waals surface area contributed by atoms with Crippen molar-refractivity contribution in [1.29, 1.82) is 0 Å². The Bertz CT molecular complexity index is 523. The van der Waals surface area contributed by atoms with Crippen LogP contribution in [0.1, 0.15) is 18.4 Å². The first-order valence-corrected chi connectivity index (χ1v) is 5.85. The lowest BCUT2D eigenvalue weighted by molar-refractivity contribution is 0.490. The molecule has 0 unspecified atom stereocenters. The summed E-state index contributed by atoms with van der Waals surface area (Å²) in [6, 6.07) is 5.67. The van der Waals surface area contributed by atoms with Gasteiger partial charge >= 0.3 is 0 Å². The molecule has 0 atom stereocenters. The fourth-order valence-corrected chi connectivity index (χ4v) is 1.59. The standard InChI is InChI=1S/C12H17N5O/c1-3-14-10-6-11(17-12(13)16-10)15-7-9-5-4-8(2)18-9/h4-6H,3,7H2,1-2H3,(H4,13,14,15,16,17). The lowest BCUT2D eigenvalue weighted by Crippen LogP contribution is -2.07. The van der Waals surface area contributed by atoms with Crippen molar-refractivity contribution in [2.24, 2.45) is 0 Å². The molecule has 2 heterocycles. The third-order valence-corrected chi connectivity index (χ3v) is 2.34. The van der Waals surface area contributed by atoms with Crippen molar-refractivity contribution in [3.05, 3.63) is 29.7 Å². The maximum atomic E-state index is 5.64. The zero-order valence-corrected chi connectivity index (χ0v) is 10.5. The topological polar surface area (TPSA) is 89.0 Å². The van der Waals surface area contributed by atoms with Crippen molar-refractivity contribution in [3.63, 3.8) is 0 Å². The van der Waals surface area contributed by atoms with Gasteiger partial charge in [-0.15, -0.1) is 0 Å². The van der Waals surface area contributed by atoms with Gasteiger partial charge in [0.2, 0.25) is 5.95 Å². The average molecular weight is 247 g/mol. The Balaban J connectivity index is 2.04. The Morgan fingerprint density at radius 3 is 2.56 bits per heavy atom. The number of furan rings is 1. The van der Waals surface area contributed by atoms with E-state index < -0.39 is 0 Å². The zero-order chi connectivity index (χ0) is 13.0. The maximum absolute atomic E-state index is 5.64. The summed E-state index contributed by atoms with van der Waals surface area (Å²) < 4.78 is 5.46. The number of nitrogen functional groups attached to an aromatic ring is 1. The van der Waals surface area contributed by atoms with E-state index in [4.69, 9.17) is 10.2 Å². The van der Waals surface area contributed by atoms with E-state index in [2.05, 4.69) is 20.6 Å². The molecule has 0 aliphatic rings. The second kappa shape index (κ2) is 5.39. The maximum Gasteiger partial charge on any atom is 0.223 e. The highest BCUT2D eigenvalue weighted by atomic mass is 16.3. The number of nitrogens with two attached hydrogens (primary N) is 1. The van der Waals surface area contributed by atoms with Crippen LogP contribution in [0.4, 0.5) is 17.6 Å². The molecule has 0 spiro atoms. The van der Waals surface area contributed by atoms with Crippen molar-refractivity contribution >= 4 is 17.6 Å². The minimum Gasteiger partial charge on any atom is -0.465 e. The van der Waals surface area contributed by atoms with Crippen LogP contribution in [0.5, 0.6) is 0 Å². The van der Waals surface area contributed by atoms with Gasteiger partial charge < -0.3 is 20.8 Å². The number of anilines is 3. The first-order valence-electron chi connectivity index (χ1n) is 5.85. The van der Waals surface area contributed by atoms with E-state index in [0.29, 0.717) is 18.2 Å². The van der Waals surface area contributed by atoms with E-state index in [1.165, 1.54) is 0 Å². The number of hydrogen-bond donors (Lipinski definition) is 3. The quantitative estimate of drug-likeness (QED) is 0.749. The van der Waals surface area contributed by atoms with Crippen LogP contribution >= 0.6 is 0 Å². The monoisotopic (exact) mass is 247 g/mol. The number of hydrogen-bond acceptors (Lipinski definition) is 6. The molecule has 0 aliphatic carbocycles. The largest absolute Gasteiger partial charge is 0.465 e. The molecule has 96 valence electrons. The molecule has 18 heavy (non-hydrogen) atoms. The fourth-order valence-electron chi connectivity index (χ4n) is 1.59. The molecule has 0 amide bonds. The van der Waals surface area contributed by atoms with Crippen LogP contribution in [0.25, 0.3) is 0 Å². The van der Waals surface area contributed by atoms with Gasteiger partial charge in [-0.05, 0) is 26.0 Å². The second-order valence-corrected chi connectivity index (χ2v) is 3.89. The summed E-state index contributed by atoms with van der Waals surface area (Å²) in [6.45, 7) is 5.26. The predicted molar refractivity (Wildman–Crippen MR) is 71.4 cm³/mol. The normalized spacial score (nSPS) is 10.3. The van der Waals surface area contributed by atoms with Crippen LogP contribution in [0.3, 0.4) is 0 Å². The Hall–Kier alpha value is -2.24. The summed E-state index contributed by atoms with van der Waals surface area (Å²) >= 11 is 0.